The van der Waals surface area contributed by atoms with Gasteiger partial charge >= 0.3 is 0 Å². The molecule has 7 heavy (non-hydrogen) atoms. The van der Waals surface area contributed by atoms with Gasteiger partial charge in [-0.1, -0.05) is 0 Å². The Hall–Kier alpha value is -0.410. The van der Waals surface area contributed by atoms with E-state index in [0.717, 1.165) is 0 Å². The summed E-state index contributed by atoms with van der Waals surface area (Å²) in [5.74, 6) is 0.215. The first-order chi connectivity index (χ1) is 3.29. The molecule has 3 heteroatoms. The van der Waals surface area contributed by atoms with Gasteiger partial charge in [-0.15, -0.1) is 0 Å². The van der Waals surface area contributed by atoms with Crippen molar-refractivity contribution >= 4 is 5.78 Å². The van der Waals surface area contributed by atoms with Crippen LogP contribution in [0.2, 0.25) is 0 Å². The van der Waals surface area contributed by atoms with E-state index in [0.29, 0.717) is 13.0 Å². The highest BCUT2D eigenvalue weighted by atomic mass is 16.1. The van der Waals surface area contributed by atoms with Crippen LogP contribution in [0.25, 0.3) is 0 Å². The molecule has 1 aliphatic rings. The van der Waals surface area contributed by atoms with Gasteiger partial charge in [0.1, 0.15) is 5.78 Å². The van der Waals surface area contributed by atoms with Crippen molar-refractivity contribution < 1.29 is 4.79 Å². The lowest BCUT2D eigenvalue weighted by molar-refractivity contribution is -0.116. The molecule has 3 N–H and O–H groups in total. The van der Waals surface area contributed by atoms with Gasteiger partial charge in [-0.05, 0) is 0 Å². The van der Waals surface area contributed by atoms with Crippen LogP contribution < -0.4 is 11.1 Å². The molecule has 3 nitrogen and oxygen atoms in total. The highest BCUT2D eigenvalue weighted by Crippen LogP contribution is 1.92. The van der Waals surface area contributed by atoms with Crippen molar-refractivity contribution in [3.05, 3.63) is 0 Å². The normalized spacial score (nSPS) is 31.6. The minimum absolute atomic E-state index is 0.0764. The van der Waals surface area contributed by atoms with E-state index in [2.05, 4.69) is 5.32 Å². The summed E-state index contributed by atoms with van der Waals surface area (Å²) in [5, 5.41) is 2.80. The summed E-state index contributed by atoms with van der Waals surface area (Å²) in [6.07, 6.45) is 0.424. The molecule has 0 saturated carbocycles. The second-order valence-corrected chi connectivity index (χ2v) is 1.73. The summed E-state index contributed by atoms with van der Waals surface area (Å²) >= 11 is 0. The number of carbonyl (C=O) groups is 1. The lowest BCUT2D eigenvalue weighted by Gasteiger charge is -1.94. The minimum Gasteiger partial charge on any atom is -0.316 e. The van der Waals surface area contributed by atoms with Crippen LogP contribution in [-0.2, 0) is 4.79 Å². The lowest BCUT2D eigenvalue weighted by Crippen LogP contribution is -2.30. The number of ketones is 1. The summed E-state index contributed by atoms with van der Waals surface area (Å²) in [5.41, 5.74) is 5.29. The predicted molar refractivity (Wildman–Crippen MR) is 25.6 cm³/mol. The topological polar surface area (TPSA) is 55.1 Å². The molecule has 40 valence electrons. The standard InChI is InChI=1S/C4H8N2O/c5-4-1-3(7)2-6-4/h4,6H,1-2,5H2/t4-/m0/s1. The van der Waals surface area contributed by atoms with Gasteiger partial charge in [0.25, 0.3) is 0 Å². The van der Waals surface area contributed by atoms with Crippen molar-refractivity contribution in [1.82, 2.24) is 5.32 Å². The largest absolute Gasteiger partial charge is 0.316 e. The van der Waals surface area contributed by atoms with Gasteiger partial charge in [0.2, 0.25) is 0 Å². The monoisotopic (exact) mass is 100 g/mol. The molecule has 0 aromatic heterocycles. The fourth-order valence-corrected chi connectivity index (χ4v) is 0.635. The average molecular weight is 100 g/mol. The van der Waals surface area contributed by atoms with Crippen molar-refractivity contribution in [3.8, 4) is 0 Å². The van der Waals surface area contributed by atoms with E-state index in [-0.39, 0.29) is 11.9 Å². The van der Waals surface area contributed by atoms with E-state index in [4.69, 9.17) is 5.73 Å². The quantitative estimate of drug-likeness (QED) is 0.403. The molecule has 1 rings (SSSR count). The number of carbonyl (C=O) groups excluding carboxylic acids is 1. The van der Waals surface area contributed by atoms with E-state index in [1.54, 1.807) is 0 Å². The Bertz CT molecular complexity index is 91.7. The van der Waals surface area contributed by atoms with E-state index >= 15 is 0 Å². The third-order valence-electron chi connectivity index (χ3n) is 1.01. The fourth-order valence-electron chi connectivity index (χ4n) is 0.635. The first-order valence-corrected chi connectivity index (χ1v) is 2.30. The highest BCUT2D eigenvalue weighted by Gasteiger charge is 2.15. The lowest BCUT2D eigenvalue weighted by atomic mass is 10.3. The molecule has 0 aromatic carbocycles. The maximum atomic E-state index is 10.3. The van der Waals surface area contributed by atoms with Gasteiger partial charge in [-0.25, -0.2) is 0 Å². The Morgan fingerprint density at radius 1 is 1.86 bits per heavy atom. The molecule has 0 unspecified atom stereocenters. The Morgan fingerprint density at radius 3 is 2.71 bits per heavy atom. The third kappa shape index (κ3) is 0.976. The van der Waals surface area contributed by atoms with E-state index < -0.39 is 0 Å². The summed E-state index contributed by atoms with van der Waals surface area (Å²) in [4.78, 5) is 10.3. The summed E-state index contributed by atoms with van der Waals surface area (Å²) in [6.45, 7) is 0.459. The number of rotatable bonds is 0. The average Bonchev–Trinajstić information content (AvgIpc) is 1.87. The summed E-state index contributed by atoms with van der Waals surface area (Å²) < 4.78 is 0. The minimum atomic E-state index is -0.0764. The van der Waals surface area contributed by atoms with Crippen LogP contribution in [-0.4, -0.2) is 18.5 Å². The Morgan fingerprint density at radius 2 is 2.57 bits per heavy atom. The molecule has 1 fully saturated rings. The predicted octanol–water partition coefficient (Wildman–Crippen LogP) is -1.17. The van der Waals surface area contributed by atoms with E-state index in [1.807, 2.05) is 0 Å². The summed E-state index contributed by atoms with van der Waals surface area (Å²) in [7, 11) is 0. The van der Waals surface area contributed by atoms with E-state index in [1.165, 1.54) is 0 Å². The van der Waals surface area contributed by atoms with Crippen molar-refractivity contribution in [2.24, 2.45) is 5.73 Å². The van der Waals surface area contributed by atoms with Crippen LogP contribution in [0, 0.1) is 0 Å². The molecule has 0 aliphatic carbocycles. The van der Waals surface area contributed by atoms with Gasteiger partial charge in [-0.2, -0.15) is 0 Å². The van der Waals surface area contributed by atoms with Crippen LogP contribution in [0.1, 0.15) is 6.42 Å². The van der Waals surface area contributed by atoms with Crippen LogP contribution in [0.5, 0.6) is 0 Å². The zero-order chi connectivity index (χ0) is 5.28. The molecule has 0 bridgehead atoms. The molecule has 1 atom stereocenters. The van der Waals surface area contributed by atoms with Gasteiger partial charge in [-0.3, -0.25) is 10.1 Å². The number of nitrogens with one attached hydrogen (secondary N) is 1. The van der Waals surface area contributed by atoms with Gasteiger partial charge in [0.15, 0.2) is 0 Å². The second kappa shape index (κ2) is 1.60. The first-order valence-electron chi connectivity index (χ1n) is 2.30. The Balaban J connectivity index is 2.40. The van der Waals surface area contributed by atoms with Gasteiger partial charge in [0, 0.05) is 6.42 Å². The molecule has 0 aromatic rings. The van der Waals surface area contributed by atoms with Gasteiger partial charge in [0.05, 0.1) is 12.7 Å². The summed E-state index contributed by atoms with van der Waals surface area (Å²) in [6, 6.07) is 0. The van der Waals surface area contributed by atoms with Crippen LogP contribution in [0.4, 0.5) is 0 Å². The smallest absolute Gasteiger partial charge is 0.149 e. The first kappa shape index (κ1) is 4.74. The van der Waals surface area contributed by atoms with Crippen LogP contribution in [0.3, 0.4) is 0 Å². The molecule has 1 aliphatic heterocycles. The van der Waals surface area contributed by atoms with E-state index in [9.17, 15) is 4.79 Å². The van der Waals surface area contributed by atoms with Crippen molar-refractivity contribution in [2.75, 3.05) is 6.54 Å². The van der Waals surface area contributed by atoms with Crippen LogP contribution >= 0.6 is 0 Å². The van der Waals surface area contributed by atoms with Crippen molar-refractivity contribution in [2.45, 2.75) is 12.6 Å². The molecule has 0 radical (unpaired) electrons. The molecule has 0 amide bonds. The maximum Gasteiger partial charge on any atom is 0.149 e. The fraction of sp³-hybridized carbons (Fsp3) is 0.750. The SMILES string of the molecule is N[C@@H]1CC(=O)CN1. The number of hydrogen-bond acceptors (Lipinski definition) is 3. The third-order valence-corrected chi connectivity index (χ3v) is 1.01. The Kier molecular flexibility index (Phi) is 1.08. The number of hydrogen-bond donors (Lipinski definition) is 2. The molecule has 0 spiro atoms. The second-order valence-electron chi connectivity index (χ2n) is 1.73. The maximum absolute atomic E-state index is 10.3. The van der Waals surface area contributed by atoms with Gasteiger partial charge < -0.3 is 5.73 Å². The highest BCUT2D eigenvalue weighted by molar-refractivity contribution is 5.82. The zero-order valence-electron chi connectivity index (χ0n) is 3.98. The molecule has 1 heterocycles. The van der Waals surface area contributed by atoms with Crippen molar-refractivity contribution in [3.63, 3.8) is 0 Å². The van der Waals surface area contributed by atoms with Crippen LogP contribution in [0.15, 0.2) is 0 Å². The molecular weight excluding hydrogens is 92.1 g/mol. The zero-order valence-corrected chi connectivity index (χ0v) is 3.98. The molecular formula is C4H8N2O. The number of nitrogens with two attached hydrogens (primary N) is 1. The number of Topliss-reactive ketones (excluding diaryl/α,β-unsaturated/α-hetero) is 1. The Labute approximate surface area is 41.9 Å². The van der Waals surface area contributed by atoms with Crippen molar-refractivity contribution in [1.29, 1.82) is 0 Å². The molecule has 1 saturated heterocycles.